The number of benzene rings is 2. The molecule has 0 aromatic heterocycles. The molecule has 0 saturated carbocycles. The molecule has 0 fully saturated rings. The third-order valence-corrected chi connectivity index (χ3v) is 2.94. The number of halogens is 2. The number of non-ortho nitro benzene ring substituents is 1. The van der Waals surface area contributed by atoms with Crippen LogP contribution in [0.3, 0.4) is 0 Å². The highest BCUT2D eigenvalue weighted by atomic mass is 19.3. The van der Waals surface area contributed by atoms with Gasteiger partial charge in [-0.2, -0.15) is 8.78 Å². The van der Waals surface area contributed by atoms with Crippen molar-refractivity contribution in [3.05, 3.63) is 58.1 Å². The van der Waals surface area contributed by atoms with Gasteiger partial charge in [-0.3, -0.25) is 10.1 Å². The van der Waals surface area contributed by atoms with Gasteiger partial charge in [0.15, 0.2) is 0 Å². The minimum Gasteiger partial charge on any atom is -0.433 e. The third kappa shape index (κ3) is 4.63. The Labute approximate surface area is 135 Å². The molecule has 0 saturated heterocycles. The molecule has 2 N–H and O–H groups in total. The molecule has 0 atom stereocenters. The van der Waals surface area contributed by atoms with Crippen LogP contribution < -0.4 is 15.4 Å². The van der Waals surface area contributed by atoms with Gasteiger partial charge in [0.05, 0.1) is 10.6 Å². The number of urea groups is 1. The summed E-state index contributed by atoms with van der Waals surface area (Å²) in [5.41, 5.74) is 1.01. The van der Waals surface area contributed by atoms with Gasteiger partial charge >= 0.3 is 12.6 Å². The van der Waals surface area contributed by atoms with Crippen molar-refractivity contribution >= 4 is 23.1 Å². The average Bonchev–Trinajstić information content (AvgIpc) is 2.50. The Morgan fingerprint density at radius 2 is 1.83 bits per heavy atom. The van der Waals surface area contributed by atoms with Crippen LogP contribution in [0.25, 0.3) is 0 Å². The Morgan fingerprint density at radius 1 is 1.17 bits per heavy atom. The minimum atomic E-state index is -3.02. The van der Waals surface area contributed by atoms with E-state index in [4.69, 9.17) is 0 Å². The number of nitrogens with zero attached hydrogens (tertiary/aromatic N) is 1. The van der Waals surface area contributed by atoms with Crippen LogP contribution in [0.2, 0.25) is 0 Å². The quantitative estimate of drug-likeness (QED) is 0.633. The third-order valence-electron chi connectivity index (χ3n) is 2.94. The van der Waals surface area contributed by atoms with Crippen LogP contribution in [0.1, 0.15) is 5.56 Å². The minimum absolute atomic E-state index is 0.0784. The van der Waals surface area contributed by atoms with E-state index in [2.05, 4.69) is 15.4 Å². The van der Waals surface area contributed by atoms with Gasteiger partial charge in [0, 0.05) is 17.8 Å². The van der Waals surface area contributed by atoms with E-state index in [0.29, 0.717) is 5.69 Å². The van der Waals surface area contributed by atoms with Gasteiger partial charge in [-0.25, -0.2) is 4.79 Å². The van der Waals surface area contributed by atoms with Crippen molar-refractivity contribution in [3.8, 4) is 5.75 Å². The maximum absolute atomic E-state index is 12.4. The summed E-state index contributed by atoms with van der Waals surface area (Å²) >= 11 is 0. The zero-order chi connectivity index (χ0) is 17.7. The van der Waals surface area contributed by atoms with Crippen molar-refractivity contribution in [2.75, 3.05) is 10.6 Å². The molecule has 2 rings (SSSR count). The Hall–Kier alpha value is -3.23. The number of nitro benzene ring substituents is 1. The first kappa shape index (κ1) is 17.1. The Kier molecular flexibility index (Phi) is 5.25. The fourth-order valence-electron chi connectivity index (χ4n) is 1.89. The maximum atomic E-state index is 12.4. The highest BCUT2D eigenvalue weighted by Crippen LogP contribution is 2.27. The molecule has 2 aromatic rings. The van der Waals surface area contributed by atoms with E-state index >= 15 is 0 Å². The molecule has 24 heavy (non-hydrogen) atoms. The first-order chi connectivity index (χ1) is 11.3. The van der Waals surface area contributed by atoms with E-state index in [1.165, 1.54) is 36.4 Å². The van der Waals surface area contributed by atoms with Gasteiger partial charge in [-0.05, 0) is 36.8 Å². The standard InChI is InChI=1S/C15H13F2N3O4/c1-9-2-7-13(24-14(16)17)12(8-9)19-15(21)18-10-3-5-11(6-4-10)20(22)23/h2-8,14H,1H3,(H2,18,19,21). The molecule has 2 amide bonds. The zero-order valence-corrected chi connectivity index (χ0v) is 12.5. The molecule has 7 nitrogen and oxygen atoms in total. The molecule has 9 heteroatoms. The number of hydrogen-bond acceptors (Lipinski definition) is 4. The van der Waals surface area contributed by atoms with Gasteiger partial charge in [0.25, 0.3) is 5.69 Å². The predicted molar refractivity (Wildman–Crippen MR) is 83.5 cm³/mol. The molecule has 0 unspecified atom stereocenters. The van der Waals surface area contributed by atoms with E-state index in [0.717, 1.165) is 5.56 Å². The summed E-state index contributed by atoms with van der Waals surface area (Å²) < 4.78 is 29.1. The van der Waals surface area contributed by atoms with E-state index in [1.54, 1.807) is 13.0 Å². The smallest absolute Gasteiger partial charge is 0.387 e. The summed E-state index contributed by atoms with van der Waals surface area (Å²) in [6, 6.07) is 8.83. The normalized spacial score (nSPS) is 10.3. The van der Waals surface area contributed by atoms with E-state index < -0.39 is 17.6 Å². The number of nitro groups is 1. The SMILES string of the molecule is Cc1ccc(OC(F)F)c(NC(=O)Nc2ccc([N+](=O)[O-])cc2)c1. The molecule has 0 spiro atoms. The Bertz CT molecular complexity index is 751. The summed E-state index contributed by atoms with van der Waals surface area (Å²) in [5, 5.41) is 15.4. The number of carbonyl (C=O) groups is 1. The van der Waals surface area contributed by atoms with E-state index in [1.807, 2.05) is 0 Å². The van der Waals surface area contributed by atoms with E-state index in [9.17, 15) is 23.7 Å². The lowest BCUT2D eigenvalue weighted by Crippen LogP contribution is -2.20. The number of aryl methyl sites for hydroxylation is 1. The summed E-state index contributed by atoms with van der Waals surface area (Å²) in [7, 11) is 0. The number of anilines is 2. The summed E-state index contributed by atoms with van der Waals surface area (Å²) in [4.78, 5) is 21.9. The number of nitrogens with one attached hydrogen (secondary N) is 2. The number of rotatable bonds is 5. The number of amides is 2. The van der Waals surface area contributed by atoms with Crippen LogP contribution in [0.5, 0.6) is 5.75 Å². The molecule has 0 bridgehead atoms. The summed E-state index contributed by atoms with van der Waals surface area (Å²) in [5.74, 6) is -0.172. The second kappa shape index (κ2) is 7.36. The molecule has 0 aliphatic heterocycles. The summed E-state index contributed by atoms with van der Waals surface area (Å²) in [6.07, 6.45) is 0. The number of alkyl halides is 2. The monoisotopic (exact) mass is 337 g/mol. The predicted octanol–water partition coefficient (Wildman–Crippen LogP) is 4.15. The summed E-state index contributed by atoms with van der Waals surface area (Å²) in [6.45, 7) is -1.29. The van der Waals surface area contributed by atoms with Crippen LogP contribution in [-0.2, 0) is 0 Å². The van der Waals surface area contributed by atoms with Crippen LogP contribution in [0, 0.1) is 17.0 Å². The lowest BCUT2D eigenvalue weighted by atomic mass is 10.2. The van der Waals surface area contributed by atoms with Crippen molar-refractivity contribution in [2.24, 2.45) is 0 Å². The van der Waals surface area contributed by atoms with Crippen LogP contribution >= 0.6 is 0 Å². The van der Waals surface area contributed by atoms with Crippen molar-refractivity contribution in [1.82, 2.24) is 0 Å². The molecule has 2 aromatic carbocycles. The largest absolute Gasteiger partial charge is 0.433 e. The van der Waals surface area contributed by atoms with Crippen LogP contribution in [-0.4, -0.2) is 17.6 Å². The molecule has 0 radical (unpaired) electrons. The second-order valence-corrected chi connectivity index (χ2v) is 4.76. The molecule has 126 valence electrons. The fraction of sp³-hybridized carbons (Fsp3) is 0.133. The van der Waals surface area contributed by atoms with E-state index in [-0.39, 0.29) is 17.1 Å². The number of ether oxygens (including phenoxy) is 1. The highest BCUT2D eigenvalue weighted by molar-refractivity contribution is 6.00. The lowest BCUT2D eigenvalue weighted by Gasteiger charge is -2.13. The highest BCUT2D eigenvalue weighted by Gasteiger charge is 2.13. The Balaban J connectivity index is 2.09. The van der Waals surface area contributed by atoms with Crippen molar-refractivity contribution < 1.29 is 23.2 Å². The zero-order valence-electron chi connectivity index (χ0n) is 12.5. The van der Waals surface area contributed by atoms with Gasteiger partial charge in [0.1, 0.15) is 5.75 Å². The fourth-order valence-corrected chi connectivity index (χ4v) is 1.89. The lowest BCUT2D eigenvalue weighted by molar-refractivity contribution is -0.384. The number of hydrogen-bond donors (Lipinski definition) is 2. The van der Waals surface area contributed by atoms with Gasteiger partial charge in [-0.1, -0.05) is 6.07 Å². The van der Waals surface area contributed by atoms with Crippen molar-refractivity contribution in [3.63, 3.8) is 0 Å². The van der Waals surface area contributed by atoms with Crippen molar-refractivity contribution in [1.29, 1.82) is 0 Å². The van der Waals surface area contributed by atoms with Gasteiger partial charge < -0.3 is 15.4 Å². The molecule has 0 heterocycles. The van der Waals surface area contributed by atoms with Crippen LogP contribution in [0.4, 0.5) is 30.6 Å². The van der Waals surface area contributed by atoms with Gasteiger partial charge in [-0.15, -0.1) is 0 Å². The number of carbonyl (C=O) groups excluding carboxylic acids is 1. The molecular weight excluding hydrogens is 324 g/mol. The second-order valence-electron chi connectivity index (χ2n) is 4.76. The van der Waals surface area contributed by atoms with Crippen molar-refractivity contribution in [2.45, 2.75) is 13.5 Å². The topological polar surface area (TPSA) is 93.5 Å². The average molecular weight is 337 g/mol. The molecule has 0 aliphatic rings. The van der Waals surface area contributed by atoms with Gasteiger partial charge in [0.2, 0.25) is 0 Å². The first-order valence-electron chi connectivity index (χ1n) is 6.73. The van der Waals surface area contributed by atoms with Crippen LogP contribution in [0.15, 0.2) is 42.5 Å². The first-order valence-corrected chi connectivity index (χ1v) is 6.73. The molecular formula is C15H13F2N3O4. The molecule has 0 aliphatic carbocycles. The Morgan fingerprint density at radius 3 is 2.42 bits per heavy atom. The maximum Gasteiger partial charge on any atom is 0.387 e.